The van der Waals surface area contributed by atoms with Crippen LogP contribution in [0.4, 0.5) is 0 Å². The molecule has 2 heterocycles. The Hall–Kier alpha value is -4.31. The maximum Gasteiger partial charge on any atom is 0.328 e. The highest BCUT2D eigenvalue weighted by Crippen LogP contribution is 2.35. The van der Waals surface area contributed by atoms with Gasteiger partial charge in [0.15, 0.2) is 6.19 Å². The van der Waals surface area contributed by atoms with E-state index in [1.807, 2.05) is 0 Å². The van der Waals surface area contributed by atoms with E-state index in [0.29, 0.717) is 42.6 Å². The predicted molar refractivity (Wildman–Crippen MR) is 155 cm³/mol. The number of carbonyl (C=O) groups excluding carboxylic acids is 2. The van der Waals surface area contributed by atoms with Crippen LogP contribution in [0.2, 0.25) is 10.0 Å². The third-order valence-electron chi connectivity index (χ3n) is 6.94. The number of phenols is 1. The van der Waals surface area contributed by atoms with Crippen LogP contribution in [0.3, 0.4) is 0 Å². The first-order valence-electron chi connectivity index (χ1n) is 13.0. The van der Waals surface area contributed by atoms with Crippen LogP contribution in [-0.2, 0) is 22.6 Å². The molecule has 0 radical (unpaired) electrons. The minimum Gasteiger partial charge on any atom is -0.507 e. The molecule has 2 aromatic rings. The van der Waals surface area contributed by atoms with Gasteiger partial charge in [-0.2, -0.15) is 5.26 Å². The van der Waals surface area contributed by atoms with Crippen molar-refractivity contribution < 1.29 is 29.7 Å². The topological polar surface area (TPSA) is 179 Å². The number of guanidine groups is 1. The van der Waals surface area contributed by atoms with Crippen molar-refractivity contribution in [3.05, 3.63) is 68.7 Å². The summed E-state index contributed by atoms with van der Waals surface area (Å²) in [7, 11) is 0. The molecule has 14 heteroatoms. The third kappa shape index (κ3) is 7.12. The van der Waals surface area contributed by atoms with Crippen molar-refractivity contribution in [1.82, 2.24) is 20.4 Å². The van der Waals surface area contributed by atoms with E-state index in [1.165, 1.54) is 24.3 Å². The van der Waals surface area contributed by atoms with Crippen LogP contribution >= 0.6 is 23.2 Å². The molecule has 12 nitrogen and oxygen atoms in total. The number of likely N-dealkylation sites (tertiary alicyclic amines) is 1. The van der Waals surface area contributed by atoms with E-state index in [1.54, 1.807) is 34.2 Å². The lowest BCUT2D eigenvalue weighted by Gasteiger charge is -2.29. The van der Waals surface area contributed by atoms with E-state index in [4.69, 9.17) is 28.5 Å². The minimum atomic E-state index is -1.47. The summed E-state index contributed by atoms with van der Waals surface area (Å²) in [4.78, 5) is 45.3. The standard InChI is InChI=1S/C28H28Cl2N6O6/c29-20-11-17-13-35(23(39)6-5-16-3-1-2-4-22(16)38)10-8-19(17)25(30)24(20)26(40)34-21(27(41)42)12-32-28(33-15-31)36-9-7-18(37)14-36/h1-6,11,18,21,37-38H,7-10,12-14H2,(H,32,33)(H,34,40)(H,41,42)/t18-,21-/m0/s1. The summed E-state index contributed by atoms with van der Waals surface area (Å²) in [5.74, 6) is -2.31. The molecule has 42 heavy (non-hydrogen) atoms. The number of halogens is 2. The molecular weight excluding hydrogens is 587 g/mol. The number of β-amino-alcohol motifs (C(OH)–C–C–N with tert-alkyl or cyclic N) is 1. The molecule has 1 saturated heterocycles. The summed E-state index contributed by atoms with van der Waals surface area (Å²) in [5, 5.41) is 43.3. The van der Waals surface area contributed by atoms with Crippen LogP contribution in [-0.4, -0.2) is 87.2 Å². The highest BCUT2D eigenvalue weighted by atomic mass is 35.5. The predicted octanol–water partition coefficient (Wildman–Crippen LogP) is 1.97. The first kappa shape index (κ1) is 30.6. The van der Waals surface area contributed by atoms with Gasteiger partial charge in [-0.3, -0.25) is 14.9 Å². The number of nitrogens with zero attached hydrogens (tertiary/aromatic N) is 4. The number of carbonyl (C=O) groups is 3. The highest BCUT2D eigenvalue weighted by Gasteiger charge is 2.29. The van der Waals surface area contributed by atoms with E-state index in [-0.39, 0.29) is 46.3 Å². The lowest BCUT2D eigenvalue weighted by atomic mass is 9.96. The summed E-state index contributed by atoms with van der Waals surface area (Å²) >= 11 is 13.0. The Morgan fingerprint density at radius 2 is 1.98 bits per heavy atom. The van der Waals surface area contributed by atoms with Crippen LogP contribution in [0, 0.1) is 11.5 Å². The summed E-state index contributed by atoms with van der Waals surface area (Å²) < 4.78 is 0. The molecule has 0 bridgehead atoms. The molecular formula is C28H28Cl2N6O6. The largest absolute Gasteiger partial charge is 0.507 e. The first-order chi connectivity index (χ1) is 20.1. The summed E-state index contributed by atoms with van der Waals surface area (Å²) in [6.07, 6.45) is 4.84. The maximum absolute atomic E-state index is 13.2. The number of aliphatic hydroxyl groups is 1. The van der Waals surface area contributed by atoms with Gasteiger partial charge in [-0.25, -0.2) is 9.79 Å². The number of rotatable bonds is 7. The lowest BCUT2D eigenvalue weighted by molar-refractivity contribution is -0.139. The van der Waals surface area contributed by atoms with Crippen LogP contribution in [0.5, 0.6) is 5.75 Å². The van der Waals surface area contributed by atoms with Crippen LogP contribution in [0.25, 0.3) is 6.08 Å². The van der Waals surface area contributed by atoms with E-state index >= 15 is 0 Å². The molecule has 4 rings (SSSR count). The van der Waals surface area contributed by atoms with Gasteiger partial charge < -0.3 is 30.4 Å². The van der Waals surface area contributed by atoms with Gasteiger partial charge in [0.2, 0.25) is 11.9 Å². The van der Waals surface area contributed by atoms with Crippen molar-refractivity contribution >= 4 is 53.0 Å². The van der Waals surface area contributed by atoms with Crippen molar-refractivity contribution in [2.45, 2.75) is 31.5 Å². The lowest BCUT2D eigenvalue weighted by Crippen LogP contribution is -2.45. The number of fused-ring (bicyclic) bond motifs is 1. The third-order valence-corrected chi connectivity index (χ3v) is 7.66. The molecule has 0 saturated carbocycles. The first-order valence-corrected chi connectivity index (χ1v) is 13.8. The number of para-hydroxylation sites is 1. The van der Waals surface area contributed by atoms with Gasteiger partial charge in [0, 0.05) is 37.8 Å². The highest BCUT2D eigenvalue weighted by molar-refractivity contribution is 6.40. The van der Waals surface area contributed by atoms with E-state index in [9.17, 15) is 29.7 Å². The van der Waals surface area contributed by atoms with Crippen molar-refractivity contribution in [2.24, 2.45) is 4.99 Å². The number of nitrogens with one attached hydrogen (secondary N) is 2. The number of aromatic hydroxyl groups is 1. The molecule has 2 amide bonds. The van der Waals surface area contributed by atoms with Crippen molar-refractivity contribution in [2.75, 3.05) is 26.2 Å². The maximum atomic E-state index is 13.2. The number of hydrogen-bond donors (Lipinski definition) is 5. The molecule has 0 aromatic heterocycles. The van der Waals surface area contributed by atoms with Gasteiger partial charge in [0.05, 0.1) is 28.3 Å². The van der Waals surface area contributed by atoms with Gasteiger partial charge >= 0.3 is 5.97 Å². The Bertz CT molecular complexity index is 1490. The fourth-order valence-electron chi connectivity index (χ4n) is 4.74. The van der Waals surface area contributed by atoms with Gasteiger partial charge in [0.1, 0.15) is 11.8 Å². The number of aliphatic imine (C=N–C) groups is 1. The Kier molecular flexibility index (Phi) is 9.90. The number of aliphatic hydroxyl groups excluding tert-OH is 1. The zero-order chi connectivity index (χ0) is 30.4. The van der Waals surface area contributed by atoms with Gasteiger partial charge in [-0.15, -0.1) is 0 Å². The molecule has 0 aliphatic carbocycles. The normalized spacial score (nSPS) is 17.5. The summed E-state index contributed by atoms with van der Waals surface area (Å²) in [6, 6.07) is 6.70. The number of carboxylic acids is 1. The van der Waals surface area contributed by atoms with Gasteiger partial charge in [-0.05, 0) is 42.2 Å². The Balaban J connectivity index is 1.47. The van der Waals surface area contributed by atoms with Gasteiger partial charge in [-0.1, -0.05) is 41.4 Å². The zero-order valence-corrected chi connectivity index (χ0v) is 23.8. The second-order valence-corrected chi connectivity index (χ2v) is 10.5. The number of benzene rings is 2. The molecule has 2 aliphatic heterocycles. The average Bonchev–Trinajstić information content (AvgIpc) is 3.39. The van der Waals surface area contributed by atoms with Gasteiger partial charge in [0.25, 0.3) is 5.91 Å². The smallest absolute Gasteiger partial charge is 0.328 e. The summed E-state index contributed by atoms with van der Waals surface area (Å²) in [5.41, 5.74) is 1.68. The molecule has 1 fully saturated rings. The molecule has 220 valence electrons. The summed E-state index contributed by atoms with van der Waals surface area (Å²) in [6.45, 7) is 0.755. The fraction of sp³-hybridized carbons (Fsp3) is 0.321. The Labute approximate surface area is 251 Å². The monoisotopic (exact) mass is 614 g/mol. The molecule has 2 aromatic carbocycles. The Morgan fingerprint density at radius 1 is 1.21 bits per heavy atom. The fourth-order valence-corrected chi connectivity index (χ4v) is 5.50. The quantitative estimate of drug-likeness (QED) is 0.102. The van der Waals surface area contributed by atoms with E-state index in [2.05, 4.69) is 15.6 Å². The van der Waals surface area contributed by atoms with E-state index < -0.39 is 30.6 Å². The number of aliphatic carboxylic acids is 1. The Morgan fingerprint density at radius 3 is 2.64 bits per heavy atom. The molecule has 2 atom stereocenters. The molecule has 0 spiro atoms. The number of hydrogen-bond acceptors (Lipinski definition) is 7. The molecule has 2 aliphatic rings. The number of amides is 2. The van der Waals surface area contributed by atoms with E-state index in [0.717, 1.165) is 0 Å². The van der Waals surface area contributed by atoms with Crippen LogP contribution in [0.15, 0.2) is 41.4 Å². The second kappa shape index (κ2) is 13.6. The van der Waals surface area contributed by atoms with Crippen molar-refractivity contribution in [3.63, 3.8) is 0 Å². The van der Waals surface area contributed by atoms with Crippen molar-refractivity contribution in [1.29, 1.82) is 5.26 Å². The van der Waals surface area contributed by atoms with Crippen molar-refractivity contribution in [3.8, 4) is 11.9 Å². The van der Waals surface area contributed by atoms with Crippen LogP contribution < -0.4 is 10.6 Å². The number of phenolic OH excluding ortho intramolecular Hbond substituents is 1. The number of carboxylic acid groups (broad SMARTS) is 1. The zero-order valence-electron chi connectivity index (χ0n) is 22.3. The SMILES string of the molecule is N#CNC(=NC[C@H](NC(=O)c1c(Cl)cc2c(c1Cl)CCN(C(=O)C=Cc1ccccc1O)C2)C(=O)O)N1CC[C@H](O)C1. The second-order valence-electron chi connectivity index (χ2n) is 9.74. The molecule has 5 N–H and O–H groups in total. The number of nitriles is 1. The minimum absolute atomic E-state index is 0.0131. The van der Waals surface area contributed by atoms with Crippen LogP contribution in [0.1, 0.15) is 33.5 Å². The molecule has 0 unspecified atom stereocenters. The average molecular weight is 615 g/mol.